The molecule has 0 bridgehead atoms. The number of rotatable bonds is 6. The molecule has 158 valence electrons. The van der Waals surface area contributed by atoms with Gasteiger partial charge in [0.1, 0.15) is 17.4 Å². The van der Waals surface area contributed by atoms with E-state index in [0.29, 0.717) is 17.1 Å². The van der Waals surface area contributed by atoms with Crippen molar-refractivity contribution in [2.24, 2.45) is 0 Å². The molecule has 0 aliphatic heterocycles. The Morgan fingerprint density at radius 1 is 1.03 bits per heavy atom. The van der Waals surface area contributed by atoms with E-state index in [-0.39, 0.29) is 5.56 Å². The third-order valence-electron chi connectivity index (χ3n) is 5.16. The minimum Gasteiger partial charge on any atom is -0.467 e. The predicted octanol–water partition coefficient (Wildman–Crippen LogP) is 4.46. The van der Waals surface area contributed by atoms with Crippen molar-refractivity contribution in [3.8, 4) is 0 Å². The molecule has 5 aromatic rings. The smallest absolute Gasteiger partial charge is 0.271 e. The van der Waals surface area contributed by atoms with Crippen LogP contribution in [-0.4, -0.2) is 15.3 Å². The Hall–Kier alpha value is -3.97. The van der Waals surface area contributed by atoms with Crippen LogP contribution in [0, 0.1) is 0 Å². The standard InChI is InChI=1S/C25H19N3O3S/c29-23(27-22(21-12-7-13-31-21)18-10-5-2-6-11-18)20-15-26-25-28(24(20)30)16-19(32-25)14-17-8-3-1-4-9-17/h1-13,15-16,22H,14H2,(H,27,29). The Morgan fingerprint density at radius 2 is 1.78 bits per heavy atom. The van der Waals surface area contributed by atoms with Crippen LogP contribution in [0.4, 0.5) is 0 Å². The quantitative estimate of drug-likeness (QED) is 0.422. The second-order valence-corrected chi connectivity index (χ2v) is 8.42. The number of thiazole rings is 1. The Labute approximate surface area is 187 Å². The number of furan rings is 1. The summed E-state index contributed by atoms with van der Waals surface area (Å²) in [5, 5.41) is 2.92. The lowest BCUT2D eigenvalue weighted by Gasteiger charge is -2.17. The fourth-order valence-electron chi connectivity index (χ4n) is 3.59. The van der Waals surface area contributed by atoms with Gasteiger partial charge in [0.05, 0.1) is 6.26 Å². The van der Waals surface area contributed by atoms with Crippen molar-refractivity contribution in [1.29, 1.82) is 0 Å². The largest absolute Gasteiger partial charge is 0.467 e. The minimum absolute atomic E-state index is 0.0148. The van der Waals surface area contributed by atoms with Crippen LogP contribution in [0.5, 0.6) is 0 Å². The van der Waals surface area contributed by atoms with Crippen molar-refractivity contribution in [3.63, 3.8) is 0 Å². The molecule has 2 aromatic carbocycles. The number of carbonyl (C=O) groups is 1. The molecular weight excluding hydrogens is 422 g/mol. The lowest BCUT2D eigenvalue weighted by atomic mass is 10.0. The zero-order valence-corrected chi connectivity index (χ0v) is 17.8. The summed E-state index contributed by atoms with van der Waals surface area (Å²) in [5.41, 5.74) is 1.59. The van der Waals surface area contributed by atoms with Gasteiger partial charge in [-0.3, -0.25) is 14.0 Å². The predicted molar refractivity (Wildman–Crippen MR) is 123 cm³/mol. The summed E-state index contributed by atoms with van der Waals surface area (Å²) in [6.07, 6.45) is 5.37. The van der Waals surface area contributed by atoms with Gasteiger partial charge in [-0.05, 0) is 23.3 Å². The molecular formula is C25H19N3O3S. The number of nitrogens with one attached hydrogen (secondary N) is 1. The highest BCUT2D eigenvalue weighted by Crippen LogP contribution is 2.23. The monoisotopic (exact) mass is 441 g/mol. The van der Waals surface area contributed by atoms with Crippen LogP contribution in [0.1, 0.15) is 38.2 Å². The van der Waals surface area contributed by atoms with Crippen molar-refractivity contribution in [2.75, 3.05) is 0 Å². The third-order valence-corrected chi connectivity index (χ3v) is 6.15. The van der Waals surface area contributed by atoms with Crippen LogP contribution < -0.4 is 10.9 Å². The van der Waals surface area contributed by atoms with Gasteiger partial charge in [-0.15, -0.1) is 11.3 Å². The van der Waals surface area contributed by atoms with Crippen molar-refractivity contribution in [1.82, 2.24) is 14.7 Å². The van der Waals surface area contributed by atoms with Gasteiger partial charge in [0, 0.05) is 23.7 Å². The summed E-state index contributed by atoms with van der Waals surface area (Å²) in [6.45, 7) is 0. The van der Waals surface area contributed by atoms with Crippen LogP contribution >= 0.6 is 11.3 Å². The van der Waals surface area contributed by atoms with E-state index in [1.807, 2.05) is 60.7 Å². The fraction of sp³-hybridized carbons (Fsp3) is 0.0800. The SMILES string of the molecule is O=C(NC(c1ccccc1)c1ccco1)c1cnc2sc(Cc3ccccc3)cn2c1=O. The minimum atomic E-state index is -0.519. The number of hydrogen-bond donors (Lipinski definition) is 1. The number of benzene rings is 2. The molecule has 0 spiro atoms. The molecule has 0 fully saturated rings. The Kier molecular flexibility index (Phi) is 5.39. The average Bonchev–Trinajstić information content (AvgIpc) is 3.49. The van der Waals surface area contributed by atoms with Gasteiger partial charge in [-0.25, -0.2) is 4.98 Å². The number of aromatic nitrogens is 2. The molecule has 0 saturated heterocycles. The fourth-order valence-corrected chi connectivity index (χ4v) is 4.56. The summed E-state index contributed by atoms with van der Waals surface area (Å²) < 4.78 is 6.98. The van der Waals surface area contributed by atoms with Gasteiger partial charge in [0.15, 0.2) is 4.96 Å². The van der Waals surface area contributed by atoms with Gasteiger partial charge in [-0.1, -0.05) is 60.7 Å². The molecule has 0 aliphatic rings. The Balaban J connectivity index is 1.45. The van der Waals surface area contributed by atoms with Crippen molar-refractivity contribution in [2.45, 2.75) is 12.5 Å². The Bertz CT molecular complexity index is 1410. The highest BCUT2D eigenvalue weighted by Gasteiger charge is 2.22. The molecule has 7 heteroatoms. The zero-order valence-electron chi connectivity index (χ0n) is 17.0. The Morgan fingerprint density at radius 3 is 2.50 bits per heavy atom. The first kappa shape index (κ1) is 20.0. The summed E-state index contributed by atoms with van der Waals surface area (Å²) >= 11 is 1.44. The van der Waals surface area contributed by atoms with E-state index in [2.05, 4.69) is 10.3 Å². The molecule has 1 unspecified atom stereocenters. The third kappa shape index (κ3) is 3.98. The average molecular weight is 442 g/mol. The second kappa shape index (κ2) is 8.64. The van der Waals surface area contributed by atoms with E-state index in [1.54, 1.807) is 24.6 Å². The molecule has 1 atom stereocenters. The van der Waals surface area contributed by atoms with Crippen LogP contribution in [0.3, 0.4) is 0 Å². The summed E-state index contributed by atoms with van der Waals surface area (Å²) in [7, 11) is 0. The maximum Gasteiger partial charge on any atom is 0.271 e. The van der Waals surface area contributed by atoms with Crippen molar-refractivity contribution < 1.29 is 9.21 Å². The number of carbonyl (C=O) groups excluding carboxylic acids is 1. The summed E-state index contributed by atoms with van der Waals surface area (Å²) in [6, 6.07) is 22.5. The highest BCUT2D eigenvalue weighted by atomic mass is 32.1. The normalized spacial score (nSPS) is 12.0. The first-order valence-corrected chi connectivity index (χ1v) is 10.9. The molecule has 6 nitrogen and oxygen atoms in total. The van der Waals surface area contributed by atoms with Gasteiger partial charge in [0.2, 0.25) is 0 Å². The van der Waals surface area contributed by atoms with E-state index < -0.39 is 17.5 Å². The zero-order chi connectivity index (χ0) is 21.9. The second-order valence-electron chi connectivity index (χ2n) is 7.32. The van der Waals surface area contributed by atoms with Crippen molar-refractivity contribution in [3.05, 3.63) is 129 Å². The molecule has 3 heterocycles. The molecule has 1 N–H and O–H groups in total. The van der Waals surface area contributed by atoms with E-state index in [4.69, 9.17) is 4.42 Å². The highest BCUT2D eigenvalue weighted by molar-refractivity contribution is 7.17. The number of amides is 1. The van der Waals surface area contributed by atoms with Gasteiger partial charge >= 0.3 is 0 Å². The molecule has 0 saturated carbocycles. The van der Waals surface area contributed by atoms with E-state index in [9.17, 15) is 9.59 Å². The maximum atomic E-state index is 13.1. The molecule has 32 heavy (non-hydrogen) atoms. The van der Waals surface area contributed by atoms with Gasteiger partial charge < -0.3 is 9.73 Å². The maximum absolute atomic E-state index is 13.1. The lowest BCUT2D eigenvalue weighted by molar-refractivity contribution is 0.0937. The summed E-state index contributed by atoms with van der Waals surface area (Å²) in [5.74, 6) is 0.0809. The van der Waals surface area contributed by atoms with Crippen LogP contribution in [0.15, 0.2) is 101 Å². The molecule has 1 amide bonds. The van der Waals surface area contributed by atoms with Crippen LogP contribution in [-0.2, 0) is 6.42 Å². The van der Waals surface area contributed by atoms with E-state index >= 15 is 0 Å². The van der Waals surface area contributed by atoms with Gasteiger partial charge in [0.25, 0.3) is 11.5 Å². The van der Waals surface area contributed by atoms with E-state index in [1.165, 1.54) is 21.9 Å². The first-order chi connectivity index (χ1) is 15.7. The lowest BCUT2D eigenvalue weighted by Crippen LogP contribution is -2.34. The number of nitrogens with zero attached hydrogens (tertiary/aromatic N) is 2. The van der Waals surface area contributed by atoms with E-state index in [0.717, 1.165) is 16.0 Å². The molecule has 3 aromatic heterocycles. The van der Waals surface area contributed by atoms with Gasteiger partial charge in [-0.2, -0.15) is 0 Å². The molecule has 0 radical (unpaired) electrons. The number of hydrogen-bond acceptors (Lipinski definition) is 5. The first-order valence-electron chi connectivity index (χ1n) is 10.1. The number of fused-ring (bicyclic) bond motifs is 1. The van der Waals surface area contributed by atoms with Crippen molar-refractivity contribution >= 4 is 22.2 Å². The summed E-state index contributed by atoms with van der Waals surface area (Å²) in [4.78, 5) is 32.1. The topological polar surface area (TPSA) is 76.6 Å². The van der Waals surface area contributed by atoms with Crippen LogP contribution in [0.2, 0.25) is 0 Å². The molecule has 5 rings (SSSR count). The molecule has 0 aliphatic carbocycles. The van der Waals surface area contributed by atoms with Crippen LogP contribution in [0.25, 0.3) is 4.96 Å².